The Hall–Kier alpha value is -1.95. The predicted molar refractivity (Wildman–Crippen MR) is 59.7 cm³/mol. The van der Waals surface area contributed by atoms with Crippen LogP contribution in [0, 0.1) is 5.82 Å². The number of aliphatic carboxylic acids is 1. The summed E-state index contributed by atoms with van der Waals surface area (Å²) in [5.74, 6) is -2.43. The van der Waals surface area contributed by atoms with Crippen LogP contribution >= 0.6 is 0 Å². The molecule has 1 aromatic rings. The fraction of sp³-hybridized carbons (Fsp3) is 0.333. The first-order valence-electron chi connectivity index (χ1n) is 5.47. The van der Waals surface area contributed by atoms with Gasteiger partial charge in [-0.25, -0.2) is 9.18 Å². The molecular weight excluding hydrogens is 241 g/mol. The van der Waals surface area contributed by atoms with E-state index >= 15 is 0 Å². The second-order valence-electron chi connectivity index (χ2n) is 3.91. The van der Waals surface area contributed by atoms with Crippen LogP contribution < -0.4 is 0 Å². The molecule has 1 amide bonds. The van der Waals surface area contributed by atoms with Crippen molar-refractivity contribution in [2.45, 2.75) is 6.04 Å². The number of carboxylic acids is 1. The molecule has 1 aromatic carbocycles. The van der Waals surface area contributed by atoms with E-state index in [9.17, 15) is 14.0 Å². The molecule has 0 aromatic heterocycles. The first kappa shape index (κ1) is 12.5. The van der Waals surface area contributed by atoms with Crippen molar-refractivity contribution in [1.29, 1.82) is 0 Å². The van der Waals surface area contributed by atoms with Crippen LogP contribution in [-0.4, -0.2) is 47.7 Å². The fourth-order valence-electron chi connectivity index (χ4n) is 1.84. The smallest absolute Gasteiger partial charge is 0.328 e. The number of morpholine rings is 1. The van der Waals surface area contributed by atoms with Crippen LogP contribution in [-0.2, 0) is 9.53 Å². The minimum Gasteiger partial charge on any atom is -0.480 e. The Morgan fingerprint density at radius 1 is 1.39 bits per heavy atom. The van der Waals surface area contributed by atoms with Crippen molar-refractivity contribution in [3.8, 4) is 0 Å². The summed E-state index contributed by atoms with van der Waals surface area (Å²) in [6.07, 6.45) is 0. The summed E-state index contributed by atoms with van der Waals surface area (Å²) in [5, 5.41) is 9.01. The Kier molecular flexibility index (Phi) is 3.57. The van der Waals surface area contributed by atoms with Crippen molar-refractivity contribution in [2.75, 3.05) is 19.8 Å². The lowest BCUT2D eigenvalue weighted by Crippen LogP contribution is -2.52. The zero-order valence-corrected chi connectivity index (χ0v) is 9.51. The summed E-state index contributed by atoms with van der Waals surface area (Å²) in [4.78, 5) is 24.2. The van der Waals surface area contributed by atoms with Crippen molar-refractivity contribution in [2.24, 2.45) is 0 Å². The zero-order chi connectivity index (χ0) is 13.1. The molecule has 96 valence electrons. The summed E-state index contributed by atoms with van der Waals surface area (Å²) in [6.45, 7) is 0.323. The molecule has 0 saturated carbocycles. The maximum atomic E-state index is 13.5. The van der Waals surface area contributed by atoms with Crippen molar-refractivity contribution in [3.63, 3.8) is 0 Å². The third-order valence-electron chi connectivity index (χ3n) is 2.78. The molecule has 5 nitrogen and oxygen atoms in total. The molecule has 0 aliphatic carbocycles. The van der Waals surface area contributed by atoms with E-state index in [-0.39, 0.29) is 25.3 Å². The third kappa shape index (κ3) is 2.33. The summed E-state index contributed by atoms with van der Waals surface area (Å²) in [6, 6.07) is 4.45. The van der Waals surface area contributed by atoms with Gasteiger partial charge in [0.25, 0.3) is 5.91 Å². The van der Waals surface area contributed by atoms with Crippen molar-refractivity contribution in [3.05, 3.63) is 35.6 Å². The standard InChI is InChI=1S/C12H12FNO4/c13-9-4-2-1-3-8(9)11(15)14-5-6-18-7-10(14)12(16)17/h1-4,10H,5-7H2,(H,16,17). The van der Waals surface area contributed by atoms with Gasteiger partial charge in [0.15, 0.2) is 6.04 Å². The summed E-state index contributed by atoms with van der Waals surface area (Å²) in [7, 11) is 0. The number of carbonyl (C=O) groups excluding carboxylic acids is 1. The lowest BCUT2D eigenvalue weighted by atomic mass is 10.1. The van der Waals surface area contributed by atoms with Gasteiger partial charge in [0.1, 0.15) is 5.82 Å². The zero-order valence-electron chi connectivity index (χ0n) is 9.51. The van der Waals surface area contributed by atoms with Gasteiger partial charge < -0.3 is 14.7 Å². The van der Waals surface area contributed by atoms with Gasteiger partial charge in [-0.1, -0.05) is 12.1 Å². The predicted octanol–water partition coefficient (Wildman–Crippen LogP) is 0.751. The molecule has 0 bridgehead atoms. The number of carboxylic acid groups (broad SMARTS) is 1. The number of amides is 1. The third-order valence-corrected chi connectivity index (χ3v) is 2.78. The molecule has 1 unspecified atom stereocenters. The molecule has 1 N–H and O–H groups in total. The van der Waals surface area contributed by atoms with E-state index in [1.807, 2.05) is 0 Å². The van der Waals surface area contributed by atoms with E-state index in [2.05, 4.69) is 0 Å². The maximum absolute atomic E-state index is 13.5. The number of nitrogens with zero attached hydrogens (tertiary/aromatic N) is 1. The van der Waals surface area contributed by atoms with Crippen LogP contribution in [0.5, 0.6) is 0 Å². The lowest BCUT2D eigenvalue weighted by Gasteiger charge is -2.32. The van der Waals surface area contributed by atoms with E-state index < -0.39 is 23.7 Å². The molecule has 2 rings (SSSR count). The van der Waals surface area contributed by atoms with Crippen molar-refractivity contribution in [1.82, 2.24) is 4.90 Å². The minimum absolute atomic E-state index is 0.0739. The van der Waals surface area contributed by atoms with Crippen LogP contribution in [0.1, 0.15) is 10.4 Å². The molecule has 1 atom stereocenters. The largest absolute Gasteiger partial charge is 0.480 e. The van der Waals surface area contributed by atoms with Crippen LogP contribution in [0.2, 0.25) is 0 Å². The maximum Gasteiger partial charge on any atom is 0.328 e. The van der Waals surface area contributed by atoms with Crippen molar-refractivity contribution < 1.29 is 23.8 Å². The quantitative estimate of drug-likeness (QED) is 0.844. The monoisotopic (exact) mass is 253 g/mol. The highest BCUT2D eigenvalue weighted by atomic mass is 19.1. The summed E-state index contributed by atoms with van der Waals surface area (Å²) in [5.41, 5.74) is -0.120. The Morgan fingerprint density at radius 3 is 2.78 bits per heavy atom. The number of ether oxygens (including phenoxy) is 1. The molecule has 1 heterocycles. The molecule has 6 heteroatoms. The average molecular weight is 253 g/mol. The van der Waals surface area contributed by atoms with Crippen LogP contribution in [0.4, 0.5) is 4.39 Å². The van der Waals surface area contributed by atoms with E-state index in [4.69, 9.17) is 9.84 Å². The molecule has 1 aliphatic heterocycles. The fourth-order valence-corrected chi connectivity index (χ4v) is 1.84. The van der Waals surface area contributed by atoms with Gasteiger partial charge in [-0.2, -0.15) is 0 Å². The highest BCUT2D eigenvalue weighted by Crippen LogP contribution is 2.15. The van der Waals surface area contributed by atoms with Crippen LogP contribution in [0.25, 0.3) is 0 Å². The Morgan fingerprint density at radius 2 is 2.11 bits per heavy atom. The van der Waals surface area contributed by atoms with E-state index in [0.29, 0.717) is 0 Å². The number of rotatable bonds is 2. The van der Waals surface area contributed by atoms with Crippen LogP contribution in [0.15, 0.2) is 24.3 Å². The van der Waals surface area contributed by atoms with Gasteiger partial charge in [0.2, 0.25) is 0 Å². The molecule has 1 fully saturated rings. The highest BCUT2D eigenvalue weighted by molar-refractivity contribution is 5.97. The van der Waals surface area contributed by atoms with Gasteiger partial charge in [0, 0.05) is 6.54 Å². The molecule has 18 heavy (non-hydrogen) atoms. The topological polar surface area (TPSA) is 66.8 Å². The van der Waals surface area contributed by atoms with Gasteiger partial charge in [0.05, 0.1) is 18.8 Å². The van der Waals surface area contributed by atoms with Crippen LogP contribution in [0.3, 0.4) is 0 Å². The number of carbonyl (C=O) groups is 2. The summed E-state index contributed by atoms with van der Waals surface area (Å²) >= 11 is 0. The Labute approximate surface area is 103 Å². The summed E-state index contributed by atoms with van der Waals surface area (Å²) < 4.78 is 18.5. The van der Waals surface area contributed by atoms with Crippen molar-refractivity contribution >= 4 is 11.9 Å². The number of hydrogen-bond donors (Lipinski definition) is 1. The molecule has 1 saturated heterocycles. The number of benzene rings is 1. The normalized spacial score (nSPS) is 19.6. The molecular formula is C12H12FNO4. The number of halogens is 1. The van der Waals surface area contributed by atoms with E-state index in [1.165, 1.54) is 24.3 Å². The SMILES string of the molecule is O=C(O)C1COCCN1C(=O)c1ccccc1F. The Balaban J connectivity index is 2.27. The van der Waals surface area contributed by atoms with Gasteiger partial charge in [-0.15, -0.1) is 0 Å². The molecule has 0 spiro atoms. The van der Waals surface area contributed by atoms with Gasteiger partial charge in [-0.3, -0.25) is 4.79 Å². The Bertz CT molecular complexity index is 477. The van der Waals surface area contributed by atoms with E-state index in [0.717, 1.165) is 4.90 Å². The second-order valence-corrected chi connectivity index (χ2v) is 3.91. The molecule has 0 radical (unpaired) electrons. The first-order chi connectivity index (χ1) is 8.61. The lowest BCUT2D eigenvalue weighted by molar-refractivity contribution is -0.147. The van der Waals surface area contributed by atoms with Gasteiger partial charge in [-0.05, 0) is 12.1 Å². The highest BCUT2D eigenvalue weighted by Gasteiger charge is 2.33. The number of hydrogen-bond acceptors (Lipinski definition) is 3. The molecule has 1 aliphatic rings. The van der Waals surface area contributed by atoms with Gasteiger partial charge >= 0.3 is 5.97 Å². The minimum atomic E-state index is -1.15. The first-order valence-corrected chi connectivity index (χ1v) is 5.47. The van der Waals surface area contributed by atoms with E-state index in [1.54, 1.807) is 0 Å². The average Bonchev–Trinajstić information content (AvgIpc) is 2.38. The second kappa shape index (κ2) is 5.14.